The molecule has 1 fully saturated rings. The zero-order valence-corrected chi connectivity index (χ0v) is 20.7. The van der Waals surface area contributed by atoms with Gasteiger partial charge in [-0.1, -0.05) is 22.0 Å². The van der Waals surface area contributed by atoms with Crippen molar-refractivity contribution in [2.75, 3.05) is 48.8 Å². The third-order valence-electron chi connectivity index (χ3n) is 6.69. The summed E-state index contributed by atoms with van der Waals surface area (Å²) >= 11 is 3.53. The highest BCUT2D eigenvalue weighted by atomic mass is 79.9. The minimum Gasteiger partial charge on any atom is -0.377 e. The fraction of sp³-hybridized carbons (Fsp3) is 0.308. The summed E-state index contributed by atoms with van der Waals surface area (Å²) in [7, 11) is 2.13. The molecule has 0 saturated carbocycles. The van der Waals surface area contributed by atoms with Gasteiger partial charge in [0.25, 0.3) is 11.5 Å². The van der Waals surface area contributed by atoms with Crippen molar-refractivity contribution in [3.63, 3.8) is 0 Å². The molecule has 2 aliphatic rings. The van der Waals surface area contributed by atoms with Crippen LogP contribution >= 0.6 is 15.9 Å². The minimum absolute atomic E-state index is 0.0549. The number of halogens is 1. The molecule has 1 saturated heterocycles. The largest absolute Gasteiger partial charge is 0.377 e. The number of carbonyl (C=O) groups excluding carboxylic acids is 1. The molecule has 1 aromatic heterocycles. The second kappa shape index (κ2) is 9.64. The van der Waals surface area contributed by atoms with Gasteiger partial charge in [-0.25, -0.2) is 0 Å². The number of amides is 1. The zero-order valence-electron chi connectivity index (χ0n) is 19.1. The number of likely N-dealkylation sites (N-methyl/N-ethyl adjacent to an activating group) is 1. The predicted octanol–water partition coefficient (Wildman–Crippen LogP) is 4.24. The number of H-pyrrole nitrogens is 1. The SMILES string of the molecule is CN1CCN(c2ccc(NC(=O)c3c(N[C@@H]4CCc5cc(Br)ccc54)cc[nH]c3=O)cc2)CC1. The topological polar surface area (TPSA) is 80.5 Å². The van der Waals surface area contributed by atoms with E-state index in [0.29, 0.717) is 11.4 Å². The number of aryl methyl sites for hydroxylation is 1. The third kappa shape index (κ3) is 4.74. The molecule has 0 unspecified atom stereocenters. The van der Waals surface area contributed by atoms with Crippen LogP contribution in [0.25, 0.3) is 0 Å². The van der Waals surface area contributed by atoms with Gasteiger partial charge in [-0.05, 0) is 73.5 Å². The number of rotatable bonds is 5. The number of nitrogens with one attached hydrogen (secondary N) is 3. The lowest BCUT2D eigenvalue weighted by molar-refractivity contribution is 0.102. The smallest absolute Gasteiger partial charge is 0.263 e. The van der Waals surface area contributed by atoms with Crippen LogP contribution in [0.1, 0.15) is 33.9 Å². The van der Waals surface area contributed by atoms with Gasteiger partial charge in [0, 0.05) is 48.2 Å². The van der Waals surface area contributed by atoms with Crippen molar-refractivity contribution in [3.8, 4) is 0 Å². The summed E-state index contributed by atoms with van der Waals surface area (Å²) in [5.74, 6) is -0.425. The summed E-state index contributed by atoms with van der Waals surface area (Å²) < 4.78 is 1.06. The van der Waals surface area contributed by atoms with Crippen molar-refractivity contribution in [2.45, 2.75) is 18.9 Å². The quantitative estimate of drug-likeness (QED) is 0.467. The van der Waals surface area contributed by atoms with Crippen molar-refractivity contribution >= 4 is 38.9 Å². The van der Waals surface area contributed by atoms with Gasteiger partial charge in [0.1, 0.15) is 5.56 Å². The lowest BCUT2D eigenvalue weighted by Gasteiger charge is -2.34. The van der Waals surface area contributed by atoms with Gasteiger partial charge in [-0.15, -0.1) is 0 Å². The van der Waals surface area contributed by atoms with E-state index in [1.807, 2.05) is 30.3 Å². The molecule has 0 bridgehead atoms. The number of fused-ring (bicyclic) bond motifs is 1. The fourth-order valence-electron chi connectivity index (χ4n) is 4.76. The molecule has 2 aromatic carbocycles. The van der Waals surface area contributed by atoms with Crippen LogP contribution in [-0.2, 0) is 6.42 Å². The van der Waals surface area contributed by atoms with Gasteiger partial charge in [0.05, 0.1) is 11.7 Å². The molecule has 3 N–H and O–H groups in total. The van der Waals surface area contributed by atoms with Crippen LogP contribution in [0.5, 0.6) is 0 Å². The van der Waals surface area contributed by atoms with Gasteiger partial charge in [-0.2, -0.15) is 0 Å². The zero-order chi connectivity index (χ0) is 23.7. The normalized spacial score (nSPS) is 17.9. The van der Waals surface area contributed by atoms with E-state index in [9.17, 15) is 9.59 Å². The van der Waals surface area contributed by atoms with Gasteiger partial charge >= 0.3 is 0 Å². The molecular formula is C26H28BrN5O2. The molecule has 0 radical (unpaired) electrons. The summed E-state index contributed by atoms with van der Waals surface area (Å²) in [5.41, 5.74) is 4.50. The Morgan fingerprint density at radius 3 is 2.59 bits per heavy atom. The molecule has 1 aliphatic heterocycles. The molecule has 3 aromatic rings. The molecule has 1 amide bonds. The number of nitrogens with zero attached hydrogens (tertiary/aromatic N) is 2. The van der Waals surface area contributed by atoms with E-state index < -0.39 is 11.5 Å². The average Bonchev–Trinajstić information content (AvgIpc) is 3.21. The Labute approximate surface area is 207 Å². The number of hydrogen-bond acceptors (Lipinski definition) is 5. The Morgan fingerprint density at radius 1 is 1.06 bits per heavy atom. The molecule has 176 valence electrons. The van der Waals surface area contributed by atoms with Crippen molar-refractivity contribution < 1.29 is 4.79 Å². The highest BCUT2D eigenvalue weighted by Gasteiger charge is 2.25. The molecule has 34 heavy (non-hydrogen) atoms. The lowest BCUT2D eigenvalue weighted by atomic mass is 10.1. The first-order valence-corrected chi connectivity index (χ1v) is 12.4. The number of carbonyl (C=O) groups is 1. The van der Waals surface area contributed by atoms with E-state index >= 15 is 0 Å². The van der Waals surface area contributed by atoms with Crippen molar-refractivity contribution in [3.05, 3.63) is 86.2 Å². The van der Waals surface area contributed by atoms with E-state index in [4.69, 9.17) is 0 Å². The van der Waals surface area contributed by atoms with Crippen LogP contribution in [0.4, 0.5) is 17.1 Å². The summed E-state index contributed by atoms with van der Waals surface area (Å²) in [6.45, 7) is 4.04. The average molecular weight is 522 g/mol. The molecule has 1 aliphatic carbocycles. The maximum Gasteiger partial charge on any atom is 0.263 e. The van der Waals surface area contributed by atoms with Crippen molar-refractivity contribution in [1.29, 1.82) is 0 Å². The summed E-state index contributed by atoms with van der Waals surface area (Å²) in [6.07, 6.45) is 3.44. The number of aromatic amines is 1. The van der Waals surface area contributed by atoms with Crippen LogP contribution in [-0.4, -0.2) is 49.0 Å². The number of hydrogen-bond donors (Lipinski definition) is 3. The van der Waals surface area contributed by atoms with Gasteiger partial charge in [0.2, 0.25) is 0 Å². The van der Waals surface area contributed by atoms with E-state index in [1.54, 1.807) is 12.3 Å². The van der Waals surface area contributed by atoms with Crippen LogP contribution in [0.3, 0.4) is 0 Å². The Bertz CT molecular complexity index is 1250. The first-order valence-electron chi connectivity index (χ1n) is 11.6. The molecular weight excluding hydrogens is 494 g/mol. The highest BCUT2D eigenvalue weighted by Crippen LogP contribution is 2.35. The molecule has 5 rings (SSSR count). The molecule has 2 heterocycles. The molecule has 1 atom stereocenters. The molecule has 8 heteroatoms. The number of pyridine rings is 1. The standard InChI is InChI=1S/C26H28BrN5O2/c1-31-12-14-32(15-13-31)20-6-4-19(5-7-20)29-26(34)24-23(10-11-28-25(24)33)30-22-9-2-17-16-18(27)3-8-21(17)22/h3-8,10-11,16,22H,2,9,12-15H2,1H3,(H,29,34)(H2,28,30,33)/t22-/m1/s1. The summed E-state index contributed by atoms with van der Waals surface area (Å²) in [6, 6.07) is 15.9. The Hall–Kier alpha value is -3.10. The van der Waals surface area contributed by atoms with E-state index in [-0.39, 0.29) is 11.6 Å². The van der Waals surface area contributed by atoms with Gasteiger partial charge < -0.3 is 25.4 Å². The first-order chi connectivity index (χ1) is 16.5. The minimum atomic E-state index is -0.425. The third-order valence-corrected chi connectivity index (χ3v) is 7.19. The number of piperazine rings is 1. The van der Waals surface area contributed by atoms with Crippen LogP contribution in [0, 0.1) is 0 Å². The van der Waals surface area contributed by atoms with Crippen LogP contribution in [0.2, 0.25) is 0 Å². The van der Waals surface area contributed by atoms with Crippen LogP contribution < -0.4 is 21.1 Å². The summed E-state index contributed by atoms with van der Waals surface area (Å²) in [5, 5.41) is 6.34. The Balaban J connectivity index is 1.32. The number of benzene rings is 2. The van der Waals surface area contributed by atoms with Crippen molar-refractivity contribution in [2.24, 2.45) is 0 Å². The Kier molecular flexibility index (Phi) is 6.43. The Morgan fingerprint density at radius 2 is 1.82 bits per heavy atom. The van der Waals surface area contributed by atoms with Crippen LogP contribution in [0.15, 0.2) is 64.0 Å². The number of anilines is 3. The van der Waals surface area contributed by atoms with Gasteiger partial charge in [0.15, 0.2) is 0 Å². The van der Waals surface area contributed by atoms with Gasteiger partial charge in [-0.3, -0.25) is 9.59 Å². The number of aromatic nitrogens is 1. The van der Waals surface area contributed by atoms with E-state index in [2.05, 4.69) is 60.5 Å². The van der Waals surface area contributed by atoms with E-state index in [0.717, 1.165) is 49.2 Å². The highest BCUT2D eigenvalue weighted by molar-refractivity contribution is 9.10. The lowest BCUT2D eigenvalue weighted by Crippen LogP contribution is -2.44. The maximum absolute atomic E-state index is 13.1. The first kappa shape index (κ1) is 22.7. The summed E-state index contributed by atoms with van der Waals surface area (Å²) in [4.78, 5) is 33.1. The van der Waals surface area contributed by atoms with Crippen molar-refractivity contribution in [1.82, 2.24) is 9.88 Å². The second-order valence-corrected chi connectivity index (χ2v) is 9.88. The molecule has 7 nitrogen and oxygen atoms in total. The monoisotopic (exact) mass is 521 g/mol. The maximum atomic E-state index is 13.1. The molecule has 0 spiro atoms. The predicted molar refractivity (Wildman–Crippen MR) is 140 cm³/mol. The second-order valence-electron chi connectivity index (χ2n) is 8.97. The fourth-order valence-corrected chi connectivity index (χ4v) is 5.17. The van der Waals surface area contributed by atoms with E-state index in [1.165, 1.54) is 11.1 Å².